The van der Waals surface area contributed by atoms with E-state index < -0.39 is 5.41 Å². The van der Waals surface area contributed by atoms with Crippen LogP contribution in [0, 0.1) is 5.92 Å². The maximum Gasteiger partial charge on any atom is 0.228 e. The molecule has 1 saturated heterocycles. The highest BCUT2D eigenvalue weighted by atomic mass is 16.1. The van der Waals surface area contributed by atoms with Crippen LogP contribution in [0.5, 0.6) is 0 Å². The number of amides is 1. The summed E-state index contributed by atoms with van der Waals surface area (Å²) < 4.78 is 0. The number of likely N-dealkylation sites (tertiary alicyclic amines) is 1. The van der Waals surface area contributed by atoms with Crippen LogP contribution in [0.3, 0.4) is 0 Å². The number of nitrogens with zero attached hydrogens (tertiary/aromatic N) is 1. The molecule has 3 heteroatoms. The Bertz CT molecular complexity index is 713. The van der Waals surface area contributed by atoms with Crippen molar-refractivity contribution in [1.82, 2.24) is 4.90 Å². The van der Waals surface area contributed by atoms with Gasteiger partial charge in [-0.3, -0.25) is 4.79 Å². The first-order chi connectivity index (χ1) is 11.6. The fraction of sp³-hybridized carbons (Fsp3) is 0.476. The molecule has 24 heavy (non-hydrogen) atoms. The third-order valence-corrected chi connectivity index (χ3v) is 5.72. The summed E-state index contributed by atoms with van der Waals surface area (Å²) in [6, 6.07) is 14.5. The van der Waals surface area contributed by atoms with Gasteiger partial charge in [-0.05, 0) is 61.2 Å². The molecule has 1 fully saturated rings. The van der Waals surface area contributed by atoms with E-state index in [4.69, 9.17) is 5.73 Å². The van der Waals surface area contributed by atoms with Crippen LogP contribution >= 0.6 is 0 Å². The Labute approximate surface area is 144 Å². The number of hydrogen-bond donors (Lipinski definition) is 1. The van der Waals surface area contributed by atoms with Crippen LogP contribution in [-0.4, -0.2) is 30.4 Å². The SMILES string of the molecule is CC(C)C(CCN1CCCC1)(C(N)=O)c1cccc2ccccc12. The first-order valence-corrected chi connectivity index (χ1v) is 9.06. The zero-order chi connectivity index (χ0) is 17.2. The molecule has 0 radical (unpaired) electrons. The molecule has 3 rings (SSSR count). The number of carbonyl (C=O) groups is 1. The highest BCUT2D eigenvalue weighted by Crippen LogP contribution is 2.40. The summed E-state index contributed by atoms with van der Waals surface area (Å²) in [7, 11) is 0. The van der Waals surface area contributed by atoms with Gasteiger partial charge in [0.1, 0.15) is 0 Å². The second kappa shape index (κ2) is 6.94. The predicted molar refractivity (Wildman–Crippen MR) is 99.9 cm³/mol. The van der Waals surface area contributed by atoms with Gasteiger partial charge in [0, 0.05) is 0 Å². The molecular formula is C21H28N2O. The molecule has 0 bridgehead atoms. The molecule has 3 nitrogen and oxygen atoms in total. The summed E-state index contributed by atoms with van der Waals surface area (Å²) in [5.74, 6) is -0.0449. The normalized spacial score (nSPS) is 18.1. The van der Waals surface area contributed by atoms with Crippen LogP contribution < -0.4 is 5.73 Å². The highest BCUT2D eigenvalue weighted by Gasteiger charge is 2.42. The van der Waals surface area contributed by atoms with E-state index in [-0.39, 0.29) is 11.8 Å². The monoisotopic (exact) mass is 324 g/mol. The molecule has 0 spiro atoms. The van der Waals surface area contributed by atoms with Gasteiger partial charge in [0.2, 0.25) is 5.91 Å². The molecule has 0 aromatic heterocycles. The maximum atomic E-state index is 12.7. The standard InChI is InChI=1S/C21H28N2O/c1-16(2)21(20(22)24,12-15-23-13-5-6-14-23)19-11-7-9-17-8-3-4-10-18(17)19/h3-4,7-11,16H,5-6,12-15H2,1-2H3,(H2,22,24). The Morgan fingerprint density at radius 2 is 1.79 bits per heavy atom. The third-order valence-electron chi connectivity index (χ3n) is 5.72. The van der Waals surface area contributed by atoms with E-state index in [1.165, 1.54) is 18.2 Å². The minimum Gasteiger partial charge on any atom is -0.369 e. The smallest absolute Gasteiger partial charge is 0.228 e. The maximum absolute atomic E-state index is 12.7. The van der Waals surface area contributed by atoms with Gasteiger partial charge in [0.25, 0.3) is 0 Å². The molecule has 0 aliphatic carbocycles. The van der Waals surface area contributed by atoms with Gasteiger partial charge in [-0.1, -0.05) is 56.3 Å². The summed E-state index contributed by atoms with van der Waals surface area (Å²) in [5, 5.41) is 2.32. The molecule has 2 aromatic rings. The molecule has 0 saturated carbocycles. The van der Waals surface area contributed by atoms with Crippen molar-refractivity contribution in [2.24, 2.45) is 11.7 Å². The van der Waals surface area contributed by atoms with Crippen molar-refractivity contribution in [3.8, 4) is 0 Å². The first kappa shape index (κ1) is 17.0. The van der Waals surface area contributed by atoms with E-state index in [0.717, 1.165) is 37.0 Å². The predicted octanol–water partition coefficient (Wildman–Crippen LogP) is 3.70. The molecule has 1 atom stereocenters. The number of nitrogens with two attached hydrogens (primary N) is 1. The van der Waals surface area contributed by atoms with Crippen LogP contribution in [0.15, 0.2) is 42.5 Å². The average molecular weight is 324 g/mol. The van der Waals surface area contributed by atoms with E-state index in [2.05, 4.69) is 43.0 Å². The highest BCUT2D eigenvalue weighted by molar-refractivity contribution is 5.95. The summed E-state index contributed by atoms with van der Waals surface area (Å²) in [4.78, 5) is 15.2. The number of benzene rings is 2. The van der Waals surface area contributed by atoms with Gasteiger partial charge in [-0.15, -0.1) is 0 Å². The Balaban J connectivity index is 2.07. The van der Waals surface area contributed by atoms with Crippen molar-refractivity contribution >= 4 is 16.7 Å². The molecule has 1 aliphatic heterocycles. The number of rotatable bonds is 6. The van der Waals surface area contributed by atoms with Crippen LogP contribution in [0.4, 0.5) is 0 Å². The van der Waals surface area contributed by atoms with Crippen molar-refractivity contribution in [2.75, 3.05) is 19.6 Å². The van der Waals surface area contributed by atoms with Gasteiger partial charge < -0.3 is 10.6 Å². The summed E-state index contributed by atoms with van der Waals surface area (Å²) in [6.45, 7) is 7.46. The van der Waals surface area contributed by atoms with Crippen molar-refractivity contribution in [2.45, 2.75) is 38.5 Å². The topological polar surface area (TPSA) is 46.3 Å². The number of carbonyl (C=O) groups excluding carboxylic acids is 1. The van der Waals surface area contributed by atoms with Crippen LogP contribution in [0.25, 0.3) is 10.8 Å². The Hall–Kier alpha value is -1.87. The lowest BCUT2D eigenvalue weighted by atomic mass is 9.67. The van der Waals surface area contributed by atoms with Gasteiger partial charge in [0.15, 0.2) is 0 Å². The summed E-state index contributed by atoms with van der Waals surface area (Å²) in [6.07, 6.45) is 3.31. The Morgan fingerprint density at radius 1 is 1.12 bits per heavy atom. The van der Waals surface area contributed by atoms with E-state index in [9.17, 15) is 4.79 Å². The molecule has 128 valence electrons. The second-order valence-corrected chi connectivity index (χ2v) is 7.32. The molecule has 2 aromatic carbocycles. The zero-order valence-corrected chi connectivity index (χ0v) is 14.8. The fourth-order valence-electron chi connectivity index (χ4n) is 4.23. The molecule has 1 aliphatic rings. The number of hydrogen-bond acceptors (Lipinski definition) is 2. The Morgan fingerprint density at radius 3 is 2.46 bits per heavy atom. The van der Waals surface area contributed by atoms with E-state index in [1.54, 1.807) is 0 Å². The first-order valence-electron chi connectivity index (χ1n) is 9.06. The second-order valence-electron chi connectivity index (χ2n) is 7.32. The van der Waals surface area contributed by atoms with E-state index in [0.29, 0.717) is 0 Å². The fourth-order valence-corrected chi connectivity index (χ4v) is 4.23. The molecular weight excluding hydrogens is 296 g/mol. The van der Waals surface area contributed by atoms with Gasteiger partial charge in [0.05, 0.1) is 5.41 Å². The summed E-state index contributed by atoms with van der Waals surface area (Å²) in [5.41, 5.74) is 6.49. The molecule has 1 heterocycles. The summed E-state index contributed by atoms with van der Waals surface area (Å²) >= 11 is 0. The number of primary amides is 1. The van der Waals surface area contributed by atoms with Crippen molar-refractivity contribution in [1.29, 1.82) is 0 Å². The van der Waals surface area contributed by atoms with Gasteiger partial charge in [-0.25, -0.2) is 0 Å². The molecule has 1 unspecified atom stereocenters. The van der Waals surface area contributed by atoms with Crippen molar-refractivity contribution < 1.29 is 4.79 Å². The lowest BCUT2D eigenvalue weighted by molar-refractivity contribution is -0.125. The van der Waals surface area contributed by atoms with E-state index in [1.807, 2.05) is 18.2 Å². The molecule has 2 N–H and O–H groups in total. The van der Waals surface area contributed by atoms with E-state index >= 15 is 0 Å². The zero-order valence-electron chi connectivity index (χ0n) is 14.8. The van der Waals surface area contributed by atoms with Crippen LogP contribution in [-0.2, 0) is 10.2 Å². The van der Waals surface area contributed by atoms with Gasteiger partial charge >= 0.3 is 0 Å². The third kappa shape index (κ3) is 2.93. The quantitative estimate of drug-likeness (QED) is 0.880. The van der Waals surface area contributed by atoms with Crippen molar-refractivity contribution in [3.05, 3.63) is 48.0 Å². The lowest BCUT2D eigenvalue weighted by Gasteiger charge is -2.37. The Kier molecular flexibility index (Phi) is 4.91. The minimum absolute atomic E-state index is 0.156. The minimum atomic E-state index is -0.622. The van der Waals surface area contributed by atoms with Crippen LogP contribution in [0.1, 0.15) is 38.7 Å². The average Bonchev–Trinajstić information content (AvgIpc) is 3.08. The van der Waals surface area contributed by atoms with Crippen LogP contribution in [0.2, 0.25) is 0 Å². The number of fused-ring (bicyclic) bond motifs is 1. The molecule has 1 amide bonds. The van der Waals surface area contributed by atoms with Crippen molar-refractivity contribution in [3.63, 3.8) is 0 Å². The largest absolute Gasteiger partial charge is 0.369 e. The lowest BCUT2D eigenvalue weighted by Crippen LogP contribution is -2.47. The van der Waals surface area contributed by atoms with Gasteiger partial charge in [-0.2, -0.15) is 0 Å².